The average molecular weight is 455 g/mol. The van der Waals surface area contributed by atoms with Crippen molar-refractivity contribution in [1.29, 1.82) is 10.5 Å². The minimum Gasteiger partial charge on any atom is -0.297 e. The van der Waals surface area contributed by atoms with E-state index >= 15 is 0 Å². The van der Waals surface area contributed by atoms with Crippen LogP contribution >= 0.6 is 0 Å². The predicted molar refractivity (Wildman–Crippen MR) is 125 cm³/mol. The Hall–Kier alpha value is -4.31. The van der Waals surface area contributed by atoms with Crippen molar-refractivity contribution in [2.24, 2.45) is 5.92 Å². The van der Waals surface area contributed by atoms with Gasteiger partial charge < -0.3 is 0 Å². The molecule has 0 saturated heterocycles. The molecule has 10 nitrogen and oxygen atoms in total. The summed E-state index contributed by atoms with van der Waals surface area (Å²) in [6.45, 7) is 7.13. The van der Waals surface area contributed by atoms with E-state index in [1.54, 1.807) is 4.57 Å². The van der Waals surface area contributed by atoms with E-state index in [1.807, 2.05) is 28.9 Å². The van der Waals surface area contributed by atoms with Crippen molar-refractivity contribution in [3.8, 4) is 29.3 Å². The number of aryl methyl sites for hydroxylation is 1. The lowest BCUT2D eigenvalue weighted by molar-refractivity contribution is 0.592. The fraction of sp³-hybridized carbons (Fsp3) is 0.375. The number of H-pyrrole nitrogens is 1. The van der Waals surface area contributed by atoms with Gasteiger partial charge >= 0.3 is 0 Å². The van der Waals surface area contributed by atoms with Gasteiger partial charge in [0.25, 0.3) is 0 Å². The summed E-state index contributed by atoms with van der Waals surface area (Å²) in [6, 6.07) is 13.7. The molecular formula is C24H26N10. The summed E-state index contributed by atoms with van der Waals surface area (Å²) in [7, 11) is 0. The maximum absolute atomic E-state index is 9.67. The zero-order valence-electron chi connectivity index (χ0n) is 19.5. The first-order valence-electron chi connectivity index (χ1n) is 11.4. The fourth-order valence-electron chi connectivity index (χ4n) is 3.89. The fourth-order valence-corrected chi connectivity index (χ4v) is 3.89. The Kier molecular flexibility index (Phi) is 6.79. The van der Waals surface area contributed by atoms with Crippen LogP contribution in [-0.2, 0) is 19.4 Å². The SMILES string of the molecule is CCCCc1nc(CC(C)C)nn1Cc1ccc(-n2c(C#N)cc(C#N)c2-c2nnn[nH]2)cc1. The Bertz CT molecular complexity index is 1330. The first-order chi connectivity index (χ1) is 16.5. The van der Waals surface area contributed by atoms with Crippen LogP contribution in [0.25, 0.3) is 17.2 Å². The van der Waals surface area contributed by atoms with Crippen LogP contribution in [0.1, 0.15) is 62.1 Å². The third-order valence-electron chi connectivity index (χ3n) is 5.47. The number of aromatic amines is 1. The summed E-state index contributed by atoms with van der Waals surface area (Å²) < 4.78 is 3.69. The van der Waals surface area contributed by atoms with Gasteiger partial charge in [-0.1, -0.05) is 39.3 Å². The number of aromatic nitrogens is 8. The highest BCUT2D eigenvalue weighted by Crippen LogP contribution is 2.28. The second-order valence-corrected chi connectivity index (χ2v) is 8.57. The number of nitriles is 2. The van der Waals surface area contributed by atoms with Crippen LogP contribution in [0.5, 0.6) is 0 Å². The summed E-state index contributed by atoms with van der Waals surface area (Å²) in [5.74, 6) is 2.72. The molecule has 3 heterocycles. The molecule has 1 N–H and O–H groups in total. The number of unbranched alkanes of at least 4 members (excludes halogenated alkanes) is 1. The van der Waals surface area contributed by atoms with E-state index in [2.05, 4.69) is 53.5 Å². The van der Waals surface area contributed by atoms with Crippen molar-refractivity contribution in [1.82, 2.24) is 40.0 Å². The third-order valence-corrected chi connectivity index (χ3v) is 5.47. The van der Waals surface area contributed by atoms with Gasteiger partial charge in [0, 0.05) is 18.5 Å². The number of nitrogens with zero attached hydrogens (tertiary/aromatic N) is 9. The number of benzene rings is 1. The third kappa shape index (κ3) is 4.71. The highest BCUT2D eigenvalue weighted by atomic mass is 15.5. The van der Waals surface area contributed by atoms with Crippen LogP contribution in [0, 0.1) is 28.6 Å². The Morgan fingerprint density at radius 1 is 1.12 bits per heavy atom. The molecule has 34 heavy (non-hydrogen) atoms. The number of hydrogen-bond acceptors (Lipinski definition) is 7. The van der Waals surface area contributed by atoms with Gasteiger partial charge in [-0.3, -0.25) is 4.57 Å². The van der Waals surface area contributed by atoms with Crippen LogP contribution in [0.2, 0.25) is 0 Å². The molecule has 0 aliphatic carbocycles. The van der Waals surface area contributed by atoms with Crippen LogP contribution in [0.3, 0.4) is 0 Å². The monoisotopic (exact) mass is 454 g/mol. The molecule has 172 valence electrons. The molecular weight excluding hydrogens is 428 g/mol. The predicted octanol–water partition coefficient (Wildman–Crippen LogP) is 3.58. The molecule has 0 amide bonds. The van der Waals surface area contributed by atoms with Crippen LogP contribution < -0.4 is 0 Å². The minimum absolute atomic E-state index is 0.319. The quantitative estimate of drug-likeness (QED) is 0.408. The lowest BCUT2D eigenvalue weighted by Crippen LogP contribution is -2.08. The molecule has 0 aliphatic heterocycles. The Morgan fingerprint density at radius 2 is 1.91 bits per heavy atom. The van der Waals surface area contributed by atoms with E-state index in [0.29, 0.717) is 35.2 Å². The second kappa shape index (κ2) is 10.1. The molecule has 10 heteroatoms. The molecule has 0 bridgehead atoms. The number of tetrazole rings is 1. The molecule has 0 unspecified atom stereocenters. The smallest absolute Gasteiger partial charge is 0.197 e. The zero-order chi connectivity index (χ0) is 24.1. The minimum atomic E-state index is 0.319. The van der Waals surface area contributed by atoms with Crippen molar-refractivity contribution in [3.05, 3.63) is 58.8 Å². The molecule has 4 rings (SSSR count). The highest BCUT2D eigenvalue weighted by molar-refractivity contribution is 5.67. The number of nitrogens with one attached hydrogen (secondary N) is 1. The lowest BCUT2D eigenvalue weighted by Gasteiger charge is -2.11. The number of rotatable bonds is 9. The molecule has 1 aromatic carbocycles. The normalized spacial score (nSPS) is 11.0. The van der Waals surface area contributed by atoms with Crippen LogP contribution in [-0.4, -0.2) is 40.0 Å². The van der Waals surface area contributed by atoms with Crippen LogP contribution in [0.4, 0.5) is 0 Å². The largest absolute Gasteiger partial charge is 0.297 e. The lowest BCUT2D eigenvalue weighted by atomic mass is 10.1. The van der Waals surface area contributed by atoms with Gasteiger partial charge in [-0.2, -0.15) is 15.6 Å². The summed E-state index contributed by atoms with van der Waals surface area (Å²) in [4.78, 5) is 4.78. The first-order valence-corrected chi connectivity index (χ1v) is 11.4. The van der Waals surface area contributed by atoms with Gasteiger partial charge in [-0.15, -0.1) is 5.10 Å². The van der Waals surface area contributed by atoms with Crippen molar-refractivity contribution in [2.75, 3.05) is 0 Å². The van der Waals surface area contributed by atoms with Crippen molar-refractivity contribution >= 4 is 0 Å². The van der Waals surface area contributed by atoms with Crippen molar-refractivity contribution in [3.63, 3.8) is 0 Å². The van der Waals surface area contributed by atoms with Gasteiger partial charge in [0.1, 0.15) is 29.4 Å². The molecule has 4 aromatic rings. The molecule has 0 radical (unpaired) electrons. The molecule has 0 atom stereocenters. The first kappa shape index (κ1) is 22.9. The summed E-state index contributed by atoms with van der Waals surface area (Å²) in [6.07, 6.45) is 3.94. The van der Waals surface area contributed by atoms with E-state index in [1.165, 1.54) is 6.07 Å². The molecule has 0 fully saturated rings. The van der Waals surface area contributed by atoms with E-state index in [9.17, 15) is 10.5 Å². The zero-order valence-corrected chi connectivity index (χ0v) is 19.5. The van der Waals surface area contributed by atoms with Gasteiger partial charge in [-0.25, -0.2) is 14.8 Å². The van der Waals surface area contributed by atoms with Gasteiger partial charge in [0.2, 0.25) is 0 Å². The molecule has 0 aliphatic rings. The maximum atomic E-state index is 9.67. The molecule has 3 aromatic heterocycles. The second-order valence-electron chi connectivity index (χ2n) is 8.57. The molecule has 0 spiro atoms. The van der Waals surface area contributed by atoms with E-state index in [-0.39, 0.29) is 0 Å². The van der Waals surface area contributed by atoms with Gasteiger partial charge in [0.05, 0.1) is 12.1 Å². The highest BCUT2D eigenvalue weighted by Gasteiger charge is 2.21. The number of hydrogen-bond donors (Lipinski definition) is 1. The Morgan fingerprint density at radius 3 is 2.53 bits per heavy atom. The van der Waals surface area contributed by atoms with Gasteiger partial charge in [-0.05, 0) is 46.5 Å². The van der Waals surface area contributed by atoms with Crippen molar-refractivity contribution in [2.45, 2.75) is 53.0 Å². The topological polar surface area (TPSA) is 138 Å². The van der Waals surface area contributed by atoms with Crippen molar-refractivity contribution < 1.29 is 0 Å². The van der Waals surface area contributed by atoms with Gasteiger partial charge in [0.15, 0.2) is 11.6 Å². The van der Waals surface area contributed by atoms with E-state index in [0.717, 1.165) is 48.6 Å². The standard InChI is InChI=1S/C24H26N10/c1-4-5-6-22-27-21(11-16(2)3)30-33(22)15-17-7-9-19(10-8-17)34-20(14-26)12-18(13-25)23(34)24-28-31-32-29-24/h7-10,12,16H,4-6,11,15H2,1-3H3,(H,28,29,31,32). The summed E-state index contributed by atoms with van der Waals surface area (Å²) in [5.41, 5.74) is 2.90. The van der Waals surface area contributed by atoms with Crippen LogP contribution in [0.15, 0.2) is 30.3 Å². The summed E-state index contributed by atoms with van der Waals surface area (Å²) >= 11 is 0. The average Bonchev–Trinajstić information content (AvgIpc) is 3.56. The van der Waals surface area contributed by atoms with E-state index in [4.69, 9.17) is 10.1 Å². The maximum Gasteiger partial charge on any atom is 0.197 e. The summed E-state index contributed by atoms with van der Waals surface area (Å²) in [5, 5.41) is 37.9. The Balaban J connectivity index is 1.66. The van der Waals surface area contributed by atoms with E-state index < -0.39 is 0 Å². The Labute approximate surface area is 197 Å². The molecule has 0 saturated carbocycles.